The summed E-state index contributed by atoms with van der Waals surface area (Å²) in [7, 11) is 1.96. The predicted molar refractivity (Wildman–Crippen MR) is 36.4 cm³/mol. The standard InChI is InChI=1S/C5H10BrNO/c1-7-5(2-6)3-8-4-5/h7H,2-4H2,1H3. The van der Waals surface area contributed by atoms with Crippen LogP contribution in [-0.2, 0) is 4.74 Å². The van der Waals surface area contributed by atoms with Gasteiger partial charge in [0.2, 0.25) is 0 Å². The molecule has 1 saturated heterocycles. The van der Waals surface area contributed by atoms with Crippen molar-refractivity contribution in [1.82, 2.24) is 5.32 Å². The van der Waals surface area contributed by atoms with Gasteiger partial charge < -0.3 is 10.1 Å². The van der Waals surface area contributed by atoms with Crippen molar-refractivity contribution < 1.29 is 4.74 Å². The van der Waals surface area contributed by atoms with E-state index in [0.717, 1.165) is 18.5 Å². The summed E-state index contributed by atoms with van der Waals surface area (Å²) in [5, 5.41) is 4.18. The van der Waals surface area contributed by atoms with Gasteiger partial charge in [-0.2, -0.15) is 0 Å². The Labute approximate surface area is 57.7 Å². The first-order valence-corrected chi connectivity index (χ1v) is 3.78. The second kappa shape index (κ2) is 2.33. The van der Waals surface area contributed by atoms with Gasteiger partial charge in [0.15, 0.2) is 0 Å². The summed E-state index contributed by atoms with van der Waals surface area (Å²) in [6.07, 6.45) is 0. The van der Waals surface area contributed by atoms with Gasteiger partial charge in [-0.1, -0.05) is 15.9 Å². The van der Waals surface area contributed by atoms with Gasteiger partial charge in [0.25, 0.3) is 0 Å². The largest absolute Gasteiger partial charge is 0.377 e. The Morgan fingerprint density at radius 1 is 1.75 bits per heavy atom. The minimum absolute atomic E-state index is 0.250. The van der Waals surface area contributed by atoms with Crippen molar-refractivity contribution in [2.75, 3.05) is 25.6 Å². The Morgan fingerprint density at radius 2 is 2.38 bits per heavy atom. The molecule has 0 saturated carbocycles. The second-order valence-corrected chi connectivity index (χ2v) is 2.72. The zero-order chi connectivity index (χ0) is 6.04. The summed E-state index contributed by atoms with van der Waals surface area (Å²) in [6.45, 7) is 1.68. The van der Waals surface area contributed by atoms with E-state index in [1.54, 1.807) is 0 Å². The number of hydrogen-bond acceptors (Lipinski definition) is 2. The molecule has 1 heterocycles. The Bertz CT molecular complexity index is 69.0. The van der Waals surface area contributed by atoms with E-state index in [1.165, 1.54) is 0 Å². The van der Waals surface area contributed by atoms with E-state index in [-0.39, 0.29) is 5.54 Å². The number of hydrogen-bond donors (Lipinski definition) is 1. The van der Waals surface area contributed by atoms with Crippen LogP contribution in [0.15, 0.2) is 0 Å². The Kier molecular flexibility index (Phi) is 1.90. The van der Waals surface area contributed by atoms with E-state index in [2.05, 4.69) is 21.2 Å². The molecule has 1 N–H and O–H groups in total. The molecule has 3 heteroatoms. The second-order valence-electron chi connectivity index (χ2n) is 2.16. The zero-order valence-electron chi connectivity index (χ0n) is 4.91. The molecule has 0 aromatic carbocycles. The molecule has 0 aromatic rings. The summed E-state index contributed by atoms with van der Waals surface area (Å²) in [5.74, 6) is 0. The minimum atomic E-state index is 0.250. The fourth-order valence-electron chi connectivity index (χ4n) is 0.637. The molecule has 0 unspecified atom stereocenters. The summed E-state index contributed by atoms with van der Waals surface area (Å²) in [4.78, 5) is 0. The van der Waals surface area contributed by atoms with E-state index in [0.29, 0.717) is 0 Å². The third-order valence-corrected chi connectivity index (χ3v) is 2.62. The highest BCUT2D eigenvalue weighted by Gasteiger charge is 2.35. The lowest BCUT2D eigenvalue weighted by Gasteiger charge is -2.39. The Hall–Kier alpha value is 0.400. The molecule has 2 nitrogen and oxygen atoms in total. The third-order valence-electron chi connectivity index (χ3n) is 1.54. The van der Waals surface area contributed by atoms with Crippen molar-refractivity contribution in [3.05, 3.63) is 0 Å². The van der Waals surface area contributed by atoms with Gasteiger partial charge in [-0.25, -0.2) is 0 Å². The van der Waals surface area contributed by atoms with E-state index in [9.17, 15) is 0 Å². The van der Waals surface area contributed by atoms with Crippen LogP contribution >= 0.6 is 15.9 Å². The van der Waals surface area contributed by atoms with Crippen molar-refractivity contribution in [3.8, 4) is 0 Å². The Morgan fingerprint density at radius 3 is 2.38 bits per heavy atom. The smallest absolute Gasteiger partial charge is 0.0748 e. The first-order chi connectivity index (χ1) is 3.83. The summed E-state index contributed by atoms with van der Waals surface area (Å²) < 4.78 is 5.03. The van der Waals surface area contributed by atoms with Crippen molar-refractivity contribution in [2.45, 2.75) is 5.54 Å². The number of nitrogens with one attached hydrogen (secondary N) is 1. The van der Waals surface area contributed by atoms with Crippen molar-refractivity contribution in [1.29, 1.82) is 0 Å². The molecule has 1 rings (SSSR count). The molecule has 1 aliphatic heterocycles. The topological polar surface area (TPSA) is 21.3 Å². The van der Waals surface area contributed by atoms with Crippen LogP contribution in [0.5, 0.6) is 0 Å². The molecule has 1 aliphatic rings. The molecule has 0 amide bonds. The van der Waals surface area contributed by atoms with Crippen LogP contribution in [0.25, 0.3) is 0 Å². The number of likely N-dealkylation sites (N-methyl/N-ethyl adjacent to an activating group) is 1. The monoisotopic (exact) mass is 179 g/mol. The number of alkyl halides is 1. The SMILES string of the molecule is CNC1(CBr)COC1. The fraction of sp³-hybridized carbons (Fsp3) is 1.00. The maximum Gasteiger partial charge on any atom is 0.0748 e. The van der Waals surface area contributed by atoms with Crippen molar-refractivity contribution >= 4 is 15.9 Å². The van der Waals surface area contributed by atoms with Crippen LogP contribution in [0.1, 0.15) is 0 Å². The molecule has 8 heavy (non-hydrogen) atoms. The number of halogens is 1. The maximum absolute atomic E-state index is 5.03. The molecular weight excluding hydrogens is 170 g/mol. The lowest BCUT2D eigenvalue weighted by molar-refractivity contribution is -0.0569. The van der Waals surface area contributed by atoms with Crippen LogP contribution in [0.3, 0.4) is 0 Å². The Balaban J connectivity index is 2.33. The van der Waals surface area contributed by atoms with E-state index in [1.807, 2.05) is 7.05 Å². The molecular formula is C5H10BrNO. The summed E-state index contributed by atoms with van der Waals surface area (Å²) >= 11 is 3.40. The van der Waals surface area contributed by atoms with Crippen molar-refractivity contribution in [3.63, 3.8) is 0 Å². The molecule has 1 fully saturated rings. The predicted octanol–water partition coefficient (Wildman–Crippen LogP) is 0.370. The van der Waals surface area contributed by atoms with Gasteiger partial charge in [0.05, 0.1) is 18.8 Å². The number of ether oxygens (including phenoxy) is 1. The lowest BCUT2D eigenvalue weighted by atomic mass is 10.0. The molecule has 0 aliphatic carbocycles. The zero-order valence-corrected chi connectivity index (χ0v) is 6.49. The van der Waals surface area contributed by atoms with E-state index < -0.39 is 0 Å². The average Bonchev–Trinajstić information content (AvgIpc) is 1.67. The van der Waals surface area contributed by atoms with Crippen molar-refractivity contribution in [2.24, 2.45) is 0 Å². The highest BCUT2D eigenvalue weighted by Crippen LogP contribution is 2.17. The molecule has 0 atom stereocenters. The van der Waals surface area contributed by atoms with Crippen LogP contribution < -0.4 is 5.32 Å². The average molecular weight is 180 g/mol. The van der Waals surface area contributed by atoms with Gasteiger partial charge in [0, 0.05) is 5.33 Å². The van der Waals surface area contributed by atoms with Crippen LogP contribution in [0, 0.1) is 0 Å². The quantitative estimate of drug-likeness (QED) is 0.620. The molecule has 0 aromatic heterocycles. The van der Waals surface area contributed by atoms with Gasteiger partial charge in [-0.05, 0) is 7.05 Å². The third kappa shape index (κ3) is 0.900. The minimum Gasteiger partial charge on any atom is -0.377 e. The molecule has 0 radical (unpaired) electrons. The number of rotatable bonds is 2. The van der Waals surface area contributed by atoms with E-state index in [4.69, 9.17) is 4.74 Å². The van der Waals surface area contributed by atoms with Gasteiger partial charge in [-0.3, -0.25) is 0 Å². The fourth-order valence-corrected chi connectivity index (χ4v) is 1.24. The molecule has 48 valence electrons. The van der Waals surface area contributed by atoms with Crippen LogP contribution in [-0.4, -0.2) is 31.1 Å². The maximum atomic E-state index is 5.03. The van der Waals surface area contributed by atoms with E-state index >= 15 is 0 Å². The normalized spacial score (nSPS) is 24.8. The summed E-state index contributed by atoms with van der Waals surface area (Å²) in [6, 6.07) is 0. The molecule has 0 bridgehead atoms. The lowest BCUT2D eigenvalue weighted by Crippen LogP contribution is -2.60. The summed E-state index contributed by atoms with van der Waals surface area (Å²) in [5.41, 5.74) is 0.250. The van der Waals surface area contributed by atoms with Gasteiger partial charge in [-0.15, -0.1) is 0 Å². The van der Waals surface area contributed by atoms with Gasteiger partial charge >= 0.3 is 0 Å². The first-order valence-electron chi connectivity index (χ1n) is 2.66. The first kappa shape index (κ1) is 6.52. The van der Waals surface area contributed by atoms with Gasteiger partial charge in [0.1, 0.15) is 0 Å². The van der Waals surface area contributed by atoms with Crippen LogP contribution in [0.4, 0.5) is 0 Å². The highest BCUT2D eigenvalue weighted by atomic mass is 79.9. The highest BCUT2D eigenvalue weighted by molar-refractivity contribution is 9.09. The molecule has 0 spiro atoms. The van der Waals surface area contributed by atoms with Crippen LogP contribution in [0.2, 0.25) is 0 Å².